The number of hydrogen-bond acceptors (Lipinski definition) is 4. The van der Waals surface area contributed by atoms with Gasteiger partial charge < -0.3 is 10.1 Å². The molecule has 1 saturated carbocycles. The van der Waals surface area contributed by atoms with Crippen LogP contribution in [0.5, 0.6) is 5.75 Å². The molecule has 5 heteroatoms. The lowest BCUT2D eigenvalue weighted by atomic mass is 9.84. The Hall–Kier alpha value is -3.47. The summed E-state index contributed by atoms with van der Waals surface area (Å²) in [6, 6.07) is 14.7. The predicted molar refractivity (Wildman–Crippen MR) is 135 cm³/mol. The Morgan fingerprint density at radius 1 is 0.971 bits per heavy atom. The Bertz CT molecular complexity index is 1300. The minimum absolute atomic E-state index is 0.00296. The normalized spacial score (nSPS) is 13.6. The van der Waals surface area contributed by atoms with Crippen LogP contribution in [-0.2, 0) is 10.2 Å². The topological polar surface area (TPSA) is 72.5 Å². The molecule has 1 amide bonds. The van der Waals surface area contributed by atoms with Gasteiger partial charge in [-0.25, -0.2) is 0 Å². The van der Waals surface area contributed by atoms with Crippen molar-refractivity contribution in [3.05, 3.63) is 70.8 Å². The first-order valence-corrected chi connectivity index (χ1v) is 11.7. The average Bonchev–Trinajstić information content (AvgIpc) is 3.62. The number of amides is 1. The molecule has 0 aliphatic heterocycles. The first-order chi connectivity index (χ1) is 16.1. The number of Topliss-reactive ketones (excluding diaryl/α,β-unsaturated/α-hetero) is 2. The fraction of sp³-hybridized carbons (Fsp3) is 0.345. The molecule has 3 aromatic carbocycles. The van der Waals surface area contributed by atoms with Gasteiger partial charge in [-0.3, -0.25) is 14.4 Å². The number of carbonyl (C=O) groups excluding carboxylic acids is 3. The lowest BCUT2D eigenvalue weighted by molar-refractivity contribution is -0.112. The number of nitrogens with one attached hydrogen (secondary N) is 1. The summed E-state index contributed by atoms with van der Waals surface area (Å²) in [5.74, 6) is -0.681. The van der Waals surface area contributed by atoms with E-state index in [1.54, 1.807) is 12.1 Å². The van der Waals surface area contributed by atoms with Gasteiger partial charge in [0.2, 0.25) is 0 Å². The van der Waals surface area contributed by atoms with Crippen LogP contribution in [0.25, 0.3) is 10.8 Å². The second kappa shape index (κ2) is 9.05. The predicted octanol–water partition coefficient (Wildman–Crippen LogP) is 6.26. The number of anilines is 1. The van der Waals surface area contributed by atoms with Gasteiger partial charge in [0.1, 0.15) is 0 Å². The van der Waals surface area contributed by atoms with Crippen molar-refractivity contribution in [1.29, 1.82) is 0 Å². The molecule has 0 saturated heterocycles. The van der Waals surface area contributed by atoms with E-state index in [4.69, 9.17) is 4.74 Å². The van der Waals surface area contributed by atoms with E-state index in [1.807, 2.05) is 64.1 Å². The molecule has 0 unspecified atom stereocenters. The van der Waals surface area contributed by atoms with Gasteiger partial charge in [0.15, 0.2) is 11.5 Å². The zero-order valence-corrected chi connectivity index (χ0v) is 20.5. The van der Waals surface area contributed by atoms with Crippen LogP contribution in [0.3, 0.4) is 0 Å². The fourth-order valence-corrected chi connectivity index (χ4v) is 4.23. The van der Waals surface area contributed by atoms with Crippen LogP contribution in [0.2, 0.25) is 0 Å². The molecule has 3 aromatic rings. The number of carbonyl (C=O) groups is 3. The van der Waals surface area contributed by atoms with Gasteiger partial charge in [-0.2, -0.15) is 0 Å². The summed E-state index contributed by atoms with van der Waals surface area (Å²) in [7, 11) is 1.48. The summed E-state index contributed by atoms with van der Waals surface area (Å²) in [5, 5.41) is 4.42. The van der Waals surface area contributed by atoms with Crippen molar-refractivity contribution in [1.82, 2.24) is 0 Å². The molecule has 0 aromatic heterocycles. The summed E-state index contributed by atoms with van der Waals surface area (Å²) in [6.45, 7) is 8.09. The van der Waals surface area contributed by atoms with Crippen LogP contribution in [0, 0.1) is 12.8 Å². The number of fused-ring (bicyclic) bond motifs is 1. The molecule has 0 atom stereocenters. The zero-order valence-electron chi connectivity index (χ0n) is 20.5. The van der Waals surface area contributed by atoms with E-state index in [2.05, 4.69) is 5.32 Å². The number of methoxy groups -OCH3 is 1. The molecule has 0 radical (unpaired) electrons. The number of ether oxygens (including phenoxy) is 1. The standard InChI is InChI=1S/C29H31NO4/c1-17-10-13-22(21-9-7-6-8-20(17)21)26(32)28(33)30-24-16-19(29(2,3)4)15-23(27(24)34-5)25(31)14-18-11-12-18/h6-10,13,15-16,18H,11-12,14H2,1-5H3,(H,30,33). The van der Waals surface area contributed by atoms with Gasteiger partial charge in [-0.1, -0.05) is 51.1 Å². The van der Waals surface area contributed by atoms with Crippen LogP contribution in [0.4, 0.5) is 5.69 Å². The van der Waals surface area contributed by atoms with Crippen molar-refractivity contribution in [3.8, 4) is 5.75 Å². The Morgan fingerprint density at radius 2 is 1.65 bits per heavy atom. The van der Waals surface area contributed by atoms with Crippen molar-refractivity contribution in [2.24, 2.45) is 5.92 Å². The van der Waals surface area contributed by atoms with Gasteiger partial charge in [0, 0.05) is 12.0 Å². The van der Waals surface area contributed by atoms with Crippen molar-refractivity contribution < 1.29 is 19.1 Å². The minimum Gasteiger partial charge on any atom is -0.494 e. The first kappa shape index (κ1) is 23.7. The quantitative estimate of drug-likeness (QED) is 0.336. The van der Waals surface area contributed by atoms with Crippen molar-refractivity contribution in [2.75, 3.05) is 12.4 Å². The summed E-state index contributed by atoms with van der Waals surface area (Å²) < 4.78 is 5.59. The molecule has 1 fully saturated rings. The zero-order chi connectivity index (χ0) is 24.6. The Labute approximate surface area is 200 Å². The number of rotatable bonds is 7. The van der Waals surface area contributed by atoms with Crippen LogP contribution in [0.1, 0.15) is 71.9 Å². The second-order valence-electron chi connectivity index (χ2n) is 10.2. The smallest absolute Gasteiger partial charge is 0.296 e. The highest BCUT2D eigenvalue weighted by atomic mass is 16.5. The number of hydrogen-bond donors (Lipinski definition) is 1. The Kier molecular flexibility index (Phi) is 6.30. The summed E-state index contributed by atoms with van der Waals surface area (Å²) in [6.07, 6.45) is 2.59. The molecule has 1 aliphatic rings. The van der Waals surface area contributed by atoms with Crippen molar-refractivity contribution in [2.45, 2.75) is 52.4 Å². The third kappa shape index (κ3) is 4.74. The third-order valence-electron chi connectivity index (χ3n) is 6.47. The second-order valence-corrected chi connectivity index (χ2v) is 10.2. The van der Waals surface area contributed by atoms with Crippen LogP contribution in [-0.4, -0.2) is 24.6 Å². The molecule has 0 bridgehead atoms. The highest BCUT2D eigenvalue weighted by molar-refractivity contribution is 6.48. The minimum atomic E-state index is -0.765. The van der Waals surface area contributed by atoms with Crippen LogP contribution >= 0.6 is 0 Å². The highest BCUT2D eigenvalue weighted by Crippen LogP contribution is 2.39. The van der Waals surface area contributed by atoms with Gasteiger partial charge in [0.25, 0.3) is 11.7 Å². The van der Waals surface area contributed by atoms with Gasteiger partial charge in [-0.15, -0.1) is 0 Å². The molecule has 1 N–H and O–H groups in total. The molecule has 1 aliphatic carbocycles. The Morgan fingerprint density at radius 3 is 2.26 bits per heavy atom. The molecule has 176 valence electrons. The maximum absolute atomic E-state index is 13.2. The molecule has 34 heavy (non-hydrogen) atoms. The number of aryl methyl sites for hydroxylation is 1. The Balaban J connectivity index is 1.72. The van der Waals surface area contributed by atoms with Gasteiger partial charge in [-0.05, 0) is 71.2 Å². The van der Waals surface area contributed by atoms with E-state index in [-0.39, 0.29) is 11.2 Å². The monoisotopic (exact) mass is 457 g/mol. The maximum atomic E-state index is 13.2. The summed E-state index contributed by atoms with van der Waals surface area (Å²) in [4.78, 5) is 39.4. The molecule has 4 rings (SSSR count). The van der Waals surface area contributed by atoms with Gasteiger partial charge in [0.05, 0.1) is 18.4 Å². The van der Waals surface area contributed by atoms with E-state index < -0.39 is 11.7 Å². The van der Waals surface area contributed by atoms with E-state index in [9.17, 15) is 14.4 Å². The third-order valence-corrected chi connectivity index (χ3v) is 6.47. The molecule has 0 heterocycles. The average molecular weight is 458 g/mol. The van der Waals surface area contributed by atoms with Crippen molar-refractivity contribution in [3.63, 3.8) is 0 Å². The van der Waals surface area contributed by atoms with Crippen molar-refractivity contribution >= 4 is 33.9 Å². The number of ketones is 2. The van der Waals surface area contributed by atoms with Gasteiger partial charge >= 0.3 is 0 Å². The number of benzene rings is 3. The largest absolute Gasteiger partial charge is 0.494 e. The molecule has 5 nitrogen and oxygen atoms in total. The summed E-state index contributed by atoms with van der Waals surface area (Å²) >= 11 is 0. The summed E-state index contributed by atoms with van der Waals surface area (Å²) in [5.41, 5.74) is 2.78. The molecular formula is C29H31NO4. The van der Waals surface area contributed by atoms with Crippen LogP contribution < -0.4 is 10.1 Å². The van der Waals surface area contributed by atoms with E-state index >= 15 is 0 Å². The van der Waals surface area contributed by atoms with E-state index in [0.717, 1.165) is 34.7 Å². The van der Waals surface area contributed by atoms with E-state index in [0.29, 0.717) is 34.9 Å². The fourth-order valence-electron chi connectivity index (χ4n) is 4.23. The molecular weight excluding hydrogens is 426 g/mol. The first-order valence-electron chi connectivity index (χ1n) is 11.7. The van der Waals surface area contributed by atoms with Crippen LogP contribution in [0.15, 0.2) is 48.5 Å². The van der Waals surface area contributed by atoms with E-state index in [1.165, 1.54) is 7.11 Å². The SMILES string of the molecule is COc1c(NC(=O)C(=O)c2ccc(C)c3ccccc23)cc(C(C)(C)C)cc1C(=O)CC1CC1. The highest BCUT2D eigenvalue weighted by Gasteiger charge is 2.30. The maximum Gasteiger partial charge on any atom is 0.296 e. The lowest BCUT2D eigenvalue weighted by Crippen LogP contribution is -2.24. The lowest BCUT2D eigenvalue weighted by Gasteiger charge is -2.23. The molecule has 0 spiro atoms.